The number of hydrogen-bond acceptors (Lipinski definition) is 3. The molecule has 0 saturated carbocycles. The lowest BCUT2D eigenvalue weighted by Gasteiger charge is -2.10. The van der Waals surface area contributed by atoms with Crippen LogP contribution >= 0.6 is 34.2 Å². The molecular weight excluding hydrogens is 507 g/mol. The van der Waals surface area contributed by atoms with E-state index >= 15 is 0 Å². The molecule has 0 fully saturated rings. The Kier molecular flexibility index (Phi) is 5.20. The van der Waals surface area contributed by atoms with Gasteiger partial charge in [-0.3, -0.25) is 0 Å². The smallest absolute Gasteiger partial charge is 0.228 e. The van der Waals surface area contributed by atoms with Crippen molar-refractivity contribution in [2.45, 2.75) is 11.7 Å². The molecule has 28 heavy (non-hydrogen) atoms. The highest BCUT2D eigenvalue weighted by molar-refractivity contribution is 14.1. The first kappa shape index (κ1) is 19.4. The second-order valence-electron chi connectivity index (χ2n) is 6.57. The number of halogens is 2. The summed E-state index contributed by atoms with van der Waals surface area (Å²) in [5.74, 6) is 0. The van der Waals surface area contributed by atoms with Crippen LogP contribution in [-0.2, 0) is 16.4 Å². The standard InChI is InChI=1S/C21H16ClIN2O2S/c1-28(26,27)21-24-19-12-18(23)17(22)11-20(19)25(21)13-14-7-9-16(10-8-14)15-5-3-2-4-6-15/h2-12H,13H2,1H3. The van der Waals surface area contributed by atoms with E-state index in [4.69, 9.17) is 11.6 Å². The quantitative estimate of drug-likeness (QED) is 0.337. The Morgan fingerprint density at radius 2 is 1.64 bits per heavy atom. The molecule has 1 aromatic heterocycles. The zero-order valence-electron chi connectivity index (χ0n) is 14.9. The molecule has 0 spiro atoms. The van der Waals surface area contributed by atoms with E-state index in [1.54, 1.807) is 10.6 Å². The summed E-state index contributed by atoms with van der Waals surface area (Å²) in [6.07, 6.45) is 1.18. The lowest BCUT2D eigenvalue weighted by Crippen LogP contribution is -2.10. The molecule has 4 nitrogen and oxygen atoms in total. The lowest BCUT2D eigenvalue weighted by atomic mass is 10.0. The zero-order chi connectivity index (χ0) is 19.9. The maximum atomic E-state index is 12.3. The van der Waals surface area contributed by atoms with E-state index in [0.717, 1.165) is 20.3 Å². The fourth-order valence-corrected chi connectivity index (χ4v) is 4.59. The Morgan fingerprint density at radius 1 is 1.00 bits per heavy atom. The molecular formula is C21H16ClIN2O2S. The molecule has 0 aliphatic carbocycles. The molecule has 0 radical (unpaired) electrons. The monoisotopic (exact) mass is 522 g/mol. The summed E-state index contributed by atoms with van der Waals surface area (Å²) in [5, 5.41) is 0.626. The van der Waals surface area contributed by atoms with Gasteiger partial charge in [-0.15, -0.1) is 0 Å². The Balaban J connectivity index is 1.78. The third kappa shape index (κ3) is 3.81. The average Bonchev–Trinajstić information content (AvgIpc) is 3.01. The summed E-state index contributed by atoms with van der Waals surface area (Å²) in [5.41, 5.74) is 4.56. The van der Waals surface area contributed by atoms with Crippen LogP contribution in [0.25, 0.3) is 22.2 Å². The third-order valence-electron chi connectivity index (χ3n) is 4.49. The van der Waals surface area contributed by atoms with Gasteiger partial charge in [0.2, 0.25) is 15.0 Å². The van der Waals surface area contributed by atoms with Gasteiger partial charge in [0, 0.05) is 9.83 Å². The largest absolute Gasteiger partial charge is 0.310 e. The van der Waals surface area contributed by atoms with Crippen molar-refractivity contribution in [3.05, 3.63) is 80.9 Å². The number of hydrogen-bond donors (Lipinski definition) is 0. The highest BCUT2D eigenvalue weighted by Crippen LogP contribution is 2.28. The number of benzene rings is 3. The van der Waals surface area contributed by atoms with Crippen LogP contribution in [0.15, 0.2) is 71.9 Å². The van der Waals surface area contributed by atoms with Crippen LogP contribution in [0.4, 0.5) is 0 Å². The molecule has 142 valence electrons. The second kappa shape index (κ2) is 7.50. The van der Waals surface area contributed by atoms with E-state index in [9.17, 15) is 8.42 Å². The van der Waals surface area contributed by atoms with Gasteiger partial charge in [0.1, 0.15) is 0 Å². The van der Waals surface area contributed by atoms with Crippen LogP contribution < -0.4 is 0 Å². The summed E-state index contributed by atoms with van der Waals surface area (Å²) < 4.78 is 27.2. The minimum atomic E-state index is -3.49. The highest BCUT2D eigenvalue weighted by Gasteiger charge is 2.20. The zero-order valence-corrected chi connectivity index (χ0v) is 18.7. The number of aromatic nitrogens is 2. The molecule has 0 atom stereocenters. The highest BCUT2D eigenvalue weighted by atomic mass is 127. The summed E-state index contributed by atoms with van der Waals surface area (Å²) in [6, 6.07) is 21.8. The number of sulfone groups is 1. The van der Waals surface area contributed by atoms with Gasteiger partial charge in [0.25, 0.3) is 0 Å². The van der Waals surface area contributed by atoms with Crippen molar-refractivity contribution in [3.63, 3.8) is 0 Å². The molecule has 4 rings (SSSR count). The van der Waals surface area contributed by atoms with Gasteiger partial charge in [-0.25, -0.2) is 13.4 Å². The van der Waals surface area contributed by atoms with Crippen molar-refractivity contribution in [2.75, 3.05) is 6.26 Å². The minimum Gasteiger partial charge on any atom is -0.310 e. The Hall–Kier alpha value is -1.90. The lowest BCUT2D eigenvalue weighted by molar-refractivity contribution is 0.581. The summed E-state index contributed by atoms with van der Waals surface area (Å²) in [6.45, 7) is 0.394. The number of imidazole rings is 1. The number of rotatable bonds is 4. The molecule has 0 bridgehead atoms. The Labute approximate surface area is 182 Å². The topological polar surface area (TPSA) is 52.0 Å². The molecule has 0 unspecified atom stereocenters. The van der Waals surface area contributed by atoms with Crippen molar-refractivity contribution < 1.29 is 8.42 Å². The van der Waals surface area contributed by atoms with E-state index in [0.29, 0.717) is 22.6 Å². The fraction of sp³-hybridized carbons (Fsp3) is 0.0952. The van der Waals surface area contributed by atoms with E-state index < -0.39 is 9.84 Å². The fourth-order valence-electron chi connectivity index (χ4n) is 3.15. The van der Waals surface area contributed by atoms with Crippen LogP contribution in [0.2, 0.25) is 5.02 Å². The molecule has 0 N–H and O–H groups in total. The van der Waals surface area contributed by atoms with Crippen molar-refractivity contribution in [2.24, 2.45) is 0 Å². The molecule has 0 aliphatic heterocycles. The first-order chi connectivity index (χ1) is 13.3. The van der Waals surface area contributed by atoms with Crippen LogP contribution in [0.3, 0.4) is 0 Å². The Bertz CT molecular complexity index is 1270. The molecule has 3 aromatic carbocycles. The van der Waals surface area contributed by atoms with Gasteiger partial charge in [-0.1, -0.05) is 66.2 Å². The van der Waals surface area contributed by atoms with Crippen LogP contribution in [0.1, 0.15) is 5.56 Å². The predicted octanol–water partition coefficient (Wildman–Crippen LogP) is 5.41. The van der Waals surface area contributed by atoms with Crippen LogP contribution in [-0.4, -0.2) is 24.2 Å². The van der Waals surface area contributed by atoms with Gasteiger partial charge >= 0.3 is 0 Å². The van der Waals surface area contributed by atoms with Crippen LogP contribution in [0, 0.1) is 3.57 Å². The summed E-state index contributed by atoms with van der Waals surface area (Å²) in [4.78, 5) is 4.36. The number of fused-ring (bicyclic) bond motifs is 1. The summed E-state index contributed by atoms with van der Waals surface area (Å²) in [7, 11) is -3.49. The maximum Gasteiger partial charge on any atom is 0.228 e. The molecule has 0 aliphatic rings. The first-order valence-electron chi connectivity index (χ1n) is 8.52. The van der Waals surface area contributed by atoms with E-state index in [-0.39, 0.29) is 5.16 Å². The SMILES string of the molecule is CS(=O)(=O)c1nc2cc(I)c(Cl)cc2n1Cc1ccc(-c2ccccc2)cc1. The summed E-state index contributed by atoms with van der Waals surface area (Å²) >= 11 is 8.39. The molecule has 0 amide bonds. The Morgan fingerprint density at radius 3 is 2.29 bits per heavy atom. The van der Waals surface area contributed by atoms with Crippen molar-refractivity contribution in [1.82, 2.24) is 9.55 Å². The van der Waals surface area contributed by atoms with Gasteiger partial charge in [-0.2, -0.15) is 0 Å². The van der Waals surface area contributed by atoms with E-state index in [2.05, 4.69) is 39.7 Å². The normalized spacial score (nSPS) is 11.8. The van der Waals surface area contributed by atoms with Gasteiger partial charge in [0.05, 0.1) is 22.6 Å². The van der Waals surface area contributed by atoms with Gasteiger partial charge < -0.3 is 4.57 Å². The van der Waals surface area contributed by atoms with Crippen LogP contribution in [0.5, 0.6) is 0 Å². The number of nitrogens with zero attached hydrogens (tertiary/aromatic N) is 2. The second-order valence-corrected chi connectivity index (χ2v) is 10.0. The predicted molar refractivity (Wildman–Crippen MR) is 122 cm³/mol. The van der Waals surface area contributed by atoms with Gasteiger partial charge in [-0.05, 0) is 51.4 Å². The molecule has 7 heteroatoms. The van der Waals surface area contributed by atoms with Crippen molar-refractivity contribution in [3.8, 4) is 11.1 Å². The van der Waals surface area contributed by atoms with Gasteiger partial charge in [0.15, 0.2) is 0 Å². The van der Waals surface area contributed by atoms with E-state index in [1.165, 1.54) is 6.26 Å². The molecule has 1 heterocycles. The minimum absolute atomic E-state index is 0.0488. The first-order valence-corrected chi connectivity index (χ1v) is 11.9. The molecule has 4 aromatic rings. The molecule has 0 saturated heterocycles. The maximum absolute atomic E-state index is 12.3. The van der Waals surface area contributed by atoms with Crippen molar-refractivity contribution >= 4 is 55.1 Å². The van der Waals surface area contributed by atoms with E-state index in [1.807, 2.05) is 48.5 Å². The third-order valence-corrected chi connectivity index (χ3v) is 6.99. The average molecular weight is 523 g/mol. The van der Waals surface area contributed by atoms with Crippen molar-refractivity contribution in [1.29, 1.82) is 0 Å².